The smallest absolute Gasteiger partial charge is 0.262 e. The molecule has 140 valence electrons. The predicted molar refractivity (Wildman–Crippen MR) is 98.5 cm³/mol. The van der Waals surface area contributed by atoms with Crippen molar-refractivity contribution < 1.29 is 23.7 Å². The van der Waals surface area contributed by atoms with Crippen molar-refractivity contribution in [3.8, 4) is 29.1 Å². The molecule has 7 nitrogen and oxygen atoms in total. The van der Waals surface area contributed by atoms with Crippen LogP contribution < -0.4 is 24.3 Å². The molecule has 0 saturated heterocycles. The molecule has 0 unspecified atom stereocenters. The van der Waals surface area contributed by atoms with E-state index in [2.05, 4.69) is 5.32 Å². The van der Waals surface area contributed by atoms with Gasteiger partial charge in [-0.05, 0) is 31.2 Å². The Bertz CT molecular complexity index is 860. The molecule has 0 saturated carbocycles. The van der Waals surface area contributed by atoms with Gasteiger partial charge in [0.1, 0.15) is 0 Å². The number of rotatable bonds is 6. The van der Waals surface area contributed by atoms with Crippen LogP contribution in [-0.4, -0.2) is 32.3 Å². The summed E-state index contributed by atoms with van der Waals surface area (Å²) in [7, 11) is 0. The van der Waals surface area contributed by atoms with E-state index in [0.29, 0.717) is 54.1 Å². The van der Waals surface area contributed by atoms with Crippen molar-refractivity contribution in [3.05, 3.63) is 42.0 Å². The van der Waals surface area contributed by atoms with Gasteiger partial charge in [0.25, 0.3) is 5.91 Å². The monoisotopic (exact) mass is 368 g/mol. The van der Waals surface area contributed by atoms with E-state index >= 15 is 0 Å². The number of fused-ring (bicyclic) bond motifs is 1. The third-order valence-corrected chi connectivity index (χ3v) is 3.76. The summed E-state index contributed by atoms with van der Waals surface area (Å²) < 4.78 is 22.2. The molecule has 2 aromatic rings. The molecule has 3 rings (SSSR count). The molecule has 0 bridgehead atoms. The Balaban J connectivity index is 1.62. The van der Waals surface area contributed by atoms with E-state index in [-0.39, 0.29) is 12.5 Å². The highest BCUT2D eigenvalue weighted by atomic mass is 16.5. The van der Waals surface area contributed by atoms with Gasteiger partial charge in [-0.2, -0.15) is 5.26 Å². The van der Waals surface area contributed by atoms with E-state index in [1.54, 1.807) is 36.4 Å². The van der Waals surface area contributed by atoms with Gasteiger partial charge in [0.15, 0.2) is 29.6 Å². The minimum atomic E-state index is -0.323. The summed E-state index contributed by atoms with van der Waals surface area (Å²) in [6.07, 6.45) is 0.816. The highest BCUT2D eigenvalue weighted by molar-refractivity contribution is 5.92. The molecule has 2 aromatic carbocycles. The third-order valence-electron chi connectivity index (χ3n) is 3.76. The SMILES string of the molecule is CCOc1cc(C#N)ccc1OCC(=O)Nc1ccc2c(c1)OCCCO2. The first-order chi connectivity index (χ1) is 13.2. The van der Waals surface area contributed by atoms with E-state index in [0.717, 1.165) is 6.42 Å². The third kappa shape index (κ3) is 4.82. The zero-order chi connectivity index (χ0) is 19.1. The average Bonchev–Trinajstić information content (AvgIpc) is 2.92. The number of amides is 1. The number of hydrogen-bond acceptors (Lipinski definition) is 6. The molecule has 1 aliphatic rings. The van der Waals surface area contributed by atoms with Crippen molar-refractivity contribution in [1.29, 1.82) is 5.26 Å². The highest BCUT2D eigenvalue weighted by Gasteiger charge is 2.13. The van der Waals surface area contributed by atoms with Gasteiger partial charge in [-0.1, -0.05) is 0 Å². The molecule has 1 heterocycles. The maximum absolute atomic E-state index is 12.2. The summed E-state index contributed by atoms with van der Waals surface area (Å²) in [6.45, 7) is 3.25. The van der Waals surface area contributed by atoms with Gasteiger partial charge < -0.3 is 24.3 Å². The van der Waals surface area contributed by atoms with E-state index < -0.39 is 0 Å². The zero-order valence-electron chi connectivity index (χ0n) is 15.0. The van der Waals surface area contributed by atoms with Crippen LogP contribution >= 0.6 is 0 Å². The molecule has 0 radical (unpaired) electrons. The quantitative estimate of drug-likeness (QED) is 0.842. The van der Waals surface area contributed by atoms with E-state index in [1.807, 2.05) is 13.0 Å². The largest absolute Gasteiger partial charge is 0.490 e. The highest BCUT2D eigenvalue weighted by Crippen LogP contribution is 2.32. The van der Waals surface area contributed by atoms with Crippen LogP contribution in [0.4, 0.5) is 5.69 Å². The standard InChI is InChI=1S/C20H20N2O5/c1-2-24-18-10-14(12-21)4-6-17(18)27-13-20(23)22-15-5-7-16-19(11-15)26-9-3-8-25-16/h4-7,10-11H,2-3,8-9,13H2,1H3,(H,22,23). The van der Waals surface area contributed by atoms with Gasteiger partial charge in [-0.25, -0.2) is 0 Å². The summed E-state index contributed by atoms with van der Waals surface area (Å²) in [5, 5.41) is 11.7. The van der Waals surface area contributed by atoms with Crippen LogP contribution in [0.3, 0.4) is 0 Å². The normalized spacial score (nSPS) is 12.4. The van der Waals surface area contributed by atoms with Gasteiger partial charge in [-0.15, -0.1) is 0 Å². The minimum absolute atomic E-state index is 0.194. The fourth-order valence-corrected chi connectivity index (χ4v) is 2.55. The van der Waals surface area contributed by atoms with Crippen LogP contribution in [0.2, 0.25) is 0 Å². The molecule has 1 amide bonds. The lowest BCUT2D eigenvalue weighted by Crippen LogP contribution is -2.20. The number of benzene rings is 2. The second kappa shape index (κ2) is 8.81. The molecule has 0 aliphatic carbocycles. The topological polar surface area (TPSA) is 89.8 Å². The van der Waals surface area contributed by atoms with E-state index in [4.69, 9.17) is 24.2 Å². The summed E-state index contributed by atoms with van der Waals surface area (Å²) >= 11 is 0. The van der Waals surface area contributed by atoms with Crippen molar-refractivity contribution in [1.82, 2.24) is 0 Å². The number of nitrogens with zero attached hydrogens (tertiary/aromatic N) is 1. The Hall–Kier alpha value is -3.40. The summed E-state index contributed by atoms with van der Waals surface area (Å²) in [5.74, 6) is 1.79. The minimum Gasteiger partial charge on any atom is -0.490 e. The van der Waals surface area contributed by atoms with Crippen LogP contribution in [0.5, 0.6) is 23.0 Å². The van der Waals surface area contributed by atoms with Crippen LogP contribution in [0.1, 0.15) is 18.9 Å². The number of anilines is 1. The van der Waals surface area contributed by atoms with Crippen LogP contribution in [-0.2, 0) is 4.79 Å². The van der Waals surface area contributed by atoms with Crippen molar-refractivity contribution in [2.24, 2.45) is 0 Å². The number of nitriles is 1. The first-order valence-corrected chi connectivity index (χ1v) is 8.69. The van der Waals surface area contributed by atoms with Crippen molar-refractivity contribution in [3.63, 3.8) is 0 Å². The Morgan fingerprint density at radius 2 is 1.93 bits per heavy atom. The molecule has 0 aromatic heterocycles. The Kier molecular flexibility index (Phi) is 6.00. The number of carbonyl (C=O) groups is 1. The Morgan fingerprint density at radius 3 is 2.70 bits per heavy atom. The number of carbonyl (C=O) groups excluding carboxylic acids is 1. The Morgan fingerprint density at radius 1 is 1.11 bits per heavy atom. The van der Waals surface area contributed by atoms with Gasteiger partial charge in [0.05, 0.1) is 31.5 Å². The zero-order valence-corrected chi connectivity index (χ0v) is 15.0. The predicted octanol–water partition coefficient (Wildman–Crippen LogP) is 3.14. The lowest BCUT2D eigenvalue weighted by molar-refractivity contribution is -0.118. The molecule has 0 atom stereocenters. The van der Waals surface area contributed by atoms with Crippen LogP contribution in [0, 0.1) is 11.3 Å². The van der Waals surface area contributed by atoms with Crippen LogP contribution in [0.15, 0.2) is 36.4 Å². The number of nitrogens with one attached hydrogen (secondary N) is 1. The lowest BCUT2D eigenvalue weighted by atomic mass is 10.2. The second-order valence-corrected chi connectivity index (χ2v) is 5.76. The summed E-state index contributed by atoms with van der Waals surface area (Å²) in [5.41, 5.74) is 1.06. The maximum Gasteiger partial charge on any atom is 0.262 e. The molecule has 1 N–H and O–H groups in total. The first-order valence-electron chi connectivity index (χ1n) is 8.69. The number of ether oxygens (including phenoxy) is 4. The fourth-order valence-electron chi connectivity index (χ4n) is 2.55. The van der Waals surface area contributed by atoms with Crippen molar-refractivity contribution in [2.75, 3.05) is 31.7 Å². The second-order valence-electron chi connectivity index (χ2n) is 5.76. The van der Waals surface area contributed by atoms with Gasteiger partial charge in [0.2, 0.25) is 0 Å². The van der Waals surface area contributed by atoms with Gasteiger partial charge in [-0.3, -0.25) is 4.79 Å². The van der Waals surface area contributed by atoms with Crippen molar-refractivity contribution >= 4 is 11.6 Å². The molecule has 0 fully saturated rings. The van der Waals surface area contributed by atoms with Crippen LogP contribution in [0.25, 0.3) is 0 Å². The van der Waals surface area contributed by atoms with Gasteiger partial charge in [0, 0.05) is 24.2 Å². The average molecular weight is 368 g/mol. The molecular weight excluding hydrogens is 348 g/mol. The molecular formula is C20H20N2O5. The molecule has 27 heavy (non-hydrogen) atoms. The molecule has 0 spiro atoms. The summed E-state index contributed by atoms with van der Waals surface area (Å²) in [4.78, 5) is 12.2. The molecule has 1 aliphatic heterocycles. The van der Waals surface area contributed by atoms with E-state index in [1.165, 1.54) is 0 Å². The lowest BCUT2D eigenvalue weighted by Gasteiger charge is -2.13. The first kappa shape index (κ1) is 18.4. The summed E-state index contributed by atoms with van der Waals surface area (Å²) in [6, 6.07) is 12.1. The number of hydrogen-bond donors (Lipinski definition) is 1. The maximum atomic E-state index is 12.2. The Labute approximate surface area is 157 Å². The van der Waals surface area contributed by atoms with Gasteiger partial charge >= 0.3 is 0 Å². The van der Waals surface area contributed by atoms with E-state index in [9.17, 15) is 4.79 Å². The molecule has 7 heteroatoms. The fraction of sp³-hybridized carbons (Fsp3) is 0.300. The van der Waals surface area contributed by atoms with Crippen molar-refractivity contribution in [2.45, 2.75) is 13.3 Å².